The number of rotatable bonds is 0. The monoisotopic (exact) mass is 147 g/mol. The molecule has 50 valence electrons. The molecule has 1 aromatic heterocycles. The molecule has 0 spiro atoms. The smallest absolute Gasteiger partial charge is 0.198 e. The van der Waals surface area contributed by atoms with Crippen molar-refractivity contribution >= 4 is 11.6 Å². The average Bonchev–Trinajstić information content (AvgIpc) is 1.64. The fraction of sp³-hybridized carbons (Fsp3) is 0. The molecule has 2 N–H and O–H groups in total. The van der Waals surface area contributed by atoms with Crippen LogP contribution >= 0.6 is 11.6 Å². The van der Waals surface area contributed by atoms with E-state index in [0.29, 0.717) is 9.75 Å². The van der Waals surface area contributed by atoms with Crippen molar-refractivity contribution in [1.29, 1.82) is 0 Å². The maximum Gasteiger partial charge on any atom is 0.198 e. The van der Waals surface area contributed by atoms with E-state index >= 15 is 0 Å². The van der Waals surface area contributed by atoms with E-state index in [9.17, 15) is 5.21 Å². The summed E-state index contributed by atoms with van der Waals surface area (Å²) in [5, 5.41) is 10.8. The van der Waals surface area contributed by atoms with Gasteiger partial charge in [-0.1, -0.05) is 11.6 Å². The van der Waals surface area contributed by atoms with Gasteiger partial charge in [-0.25, -0.2) is 0 Å². The first kappa shape index (κ1) is 8.20. The molecule has 1 aromatic rings. The molecule has 0 aliphatic heterocycles. The van der Waals surface area contributed by atoms with Gasteiger partial charge in [-0.3, -0.25) is 0 Å². The molecule has 0 aliphatic rings. The third-order valence-electron chi connectivity index (χ3n) is 0.739. The Bertz CT molecular complexity index is 175. The molecule has 1 rings (SSSR count). The van der Waals surface area contributed by atoms with Crippen molar-refractivity contribution in [3.05, 3.63) is 34.8 Å². The van der Waals surface area contributed by atoms with Crippen molar-refractivity contribution in [2.45, 2.75) is 0 Å². The number of halogens is 1. The second-order valence-electron chi connectivity index (χ2n) is 1.38. The highest BCUT2D eigenvalue weighted by molar-refractivity contribution is 6.30. The zero-order valence-corrected chi connectivity index (χ0v) is 5.30. The van der Waals surface area contributed by atoms with Crippen LogP contribution in [0.4, 0.5) is 0 Å². The van der Waals surface area contributed by atoms with Crippen LogP contribution in [-0.2, 0) is 0 Å². The number of aromatic nitrogens is 1. The lowest BCUT2D eigenvalue weighted by Gasteiger charge is -1.91. The van der Waals surface area contributed by atoms with Gasteiger partial charge in [0.2, 0.25) is 0 Å². The minimum absolute atomic E-state index is 0. The van der Waals surface area contributed by atoms with Crippen LogP contribution in [0.3, 0.4) is 0 Å². The van der Waals surface area contributed by atoms with Gasteiger partial charge in [-0.2, -0.15) is 4.73 Å². The van der Waals surface area contributed by atoms with E-state index in [1.807, 2.05) is 0 Å². The Hall–Kier alpha value is -0.800. The molecule has 0 bridgehead atoms. The van der Waals surface area contributed by atoms with Crippen LogP contribution in [0.2, 0.25) is 5.02 Å². The maximum absolute atomic E-state index is 10.3. The number of hydrogen-bond acceptors (Lipinski definition) is 1. The van der Waals surface area contributed by atoms with E-state index in [1.54, 1.807) is 12.1 Å². The summed E-state index contributed by atoms with van der Waals surface area (Å²) < 4.78 is 0.655. The standard InChI is InChI=1S/C5H4ClNO.H2O/c6-5-2-1-3-7(8)4-5;/h1-4H;1H2. The molecule has 0 saturated carbocycles. The second-order valence-corrected chi connectivity index (χ2v) is 1.82. The molecule has 0 amide bonds. The second kappa shape index (κ2) is 3.27. The normalized spacial score (nSPS) is 8.11. The molecule has 0 fully saturated rings. The Kier molecular flexibility index (Phi) is 2.98. The average molecular weight is 148 g/mol. The molecule has 0 aliphatic carbocycles. The Morgan fingerprint density at radius 2 is 2.22 bits per heavy atom. The van der Waals surface area contributed by atoms with Crippen molar-refractivity contribution in [2.24, 2.45) is 0 Å². The minimum Gasteiger partial charge on any atom is -0.619 e. The van der Waals surface area contributed by atoms with Crippen LogP contribution in [0.1, 0.15) is 0 Å². The molecule has 0 unspecified atom stereocenters. The molecular formula is C5H6ClNO2. The molecule has 0 radical (unpaired) electrons. The first-order chi connectivity index (χ1) is 3.79. The zero-order chi connectivity index (χ0) is 5.98. The number of hydrogen-bond donors (Lipinski definition) is 0. The van der Waals surface area contributed by atoms with E-state index in [4.69, 9.17) is 11.6 Å². The van der Waals surface area contributed by atoms with Crippen molar-refractivity contribution < 1.29 is 10.2 Å². The summed E-state index contributed by atoms with van der Waals surface area (Å²) in [4.78, 5) is 0. The van der Waals surface area contributed by atoms with E-state index in [-0.39, 0.29) is 5.48 Å². The van der Waals surface area contributed by atoms with Gasteiger partial charge in [0.05, 0.1) is 0 Å². The number of nitrogens with zero attached hydrogens (tertiary/aromatic N) is 1. The SMILES string of the molecule is O.[O-][n+]1cccc(Cl)c1. The molecule has 0 saturated heterocycles. The Labute approximate surface area is 57.4 Å². The summed E-state index contributed by atoms with van der Waals surface area (Å²) in [6.07, 6.45) is 2.67. The van der Waals surface area contributed by atoms with Crippen LogP contribution in [0, 0.1) is 5.21 Å². The van der Waals surface area contributed by atoms with Crippen LogP contribution in [-0.4, -0.2) is 5.48 Å². The van der Waals surface area contributed by atoms with E-state index in [1.165, 1.54) is 12.4 Å². The van der Waals surface area contributed by atoms with Gasteiger partial charge in [-0.05, 0) is 6.07 Å². The third-order valence-corrected chi connectivity index (χ3v) is 0.963. The van der Waals surface area contributed by atoms with E-state index in [0.717, 1.165) is 0 Å². The van der Waals surface area contributed by atoms with Gasteiger partial charge in [0.25, 0.3) is 0 Å². The topological polar surface area (TPSA) is 58.4 Å². The van der Waals surface area contributed by atoms with Crippen LogP contribution in [0.5, 0.6) is 0 Å². The van der Waals surface area contributed by atoms with E-state index < -0.39 is 0 Å². The van der Waals surface area contributed by atoms with Crippen LogP contribution < -0.4 is 4.73 Å². The van der Waals surface area contributed by atoms with Gasteiger partial charge in [0, 0.05) is 6.07 Å². The summed E-state index contributed by atoms with van der Waals surface area (Å²) in [7, 11) is 0. The molecule has 1 heterocycles. The first-order valence-corrected chi connectivity index (χ1v) is 2.51. The minimum atomic E-state index is 0. The Morgan fingerprint density at radius 3 is 2.56 bits per heavy atom. The molecule has 3 nitrogen and oxygen atoms in total. The maximum atomic E-state index is 10.3. The molecule has 0 aromatic carbocycles. The highest BCUT2D eigenvalue weighted by Crippen LogP contribution is 2.00. The van der Waals surface area contributed by atoms with Crippen LogP contribution in [0.25, 0.3) is 0 Å². The zero-order valence-electron chi connectivity index (χ0n) is 4.54. The van der Waals surface area contributed by atoms with Crippen molar-refractivity contribution in [2.75, 3.05) is 0 Å². The lowest BCUT2D eigenvalue weighted by Crippen LogP contribution is -2.23. The lowest BCUT2D eigenvalue weighted by atomic mass is 10.5. The highest BCUT2D eigenvalue weighted by Gasteiger charge is 1.87. The Morgan fingerprint density at radius 1 is 1.56 bits per heavy atom. The predicted molar refractivity (Wildman–Crippen MR) is 34.0 cm³/mol. The fourth-order valence-electron chi connectivity index (χ4n) is 0.427. The van der Waals surface area contributed by atoms with Crippen molar-refractivity contribution in [3.63, 3.8) is 0 Å². The summed E-state index contributed by atoms with van der Waals surface area (Å²) in [5.74, 6) is 0. The largest absolute Gasteiger partial charge is 0.619 e. The van der Waals surface area contributed by atoms with Gasteiger partial charge in [-0.15, -0.1) is 0 Å². The summed E-state index contributed by atoms with van der Waals surface area (Å²) in [6.45, 7) is 0. The molecule has 4 heteroatoms. The predicted octanol–water partition coefficient (Wildman–Crippen LogP) is 0.149. The quantitative estimate of drug-likeness (QED) is 0.381. The Balaban J connectivity index is 0.000000640. The third kappa shape index (κ3) is 2.30. The number of pyridine rings is 1. The van der Waals surface area contributed by atoms with Gasteiger partial charge < -0.3 is 10.7 Å². The van der Waals surface area contributed by atoms with Crippen LogP contribution in [0.15, 0.2) is 24.5 Å². The van der Waals surface area contributed by atoms with E-state index in [2.05, 4.69) is 0 Å². The first-order valence-electron chi connectivity index (χ1n) is 2.13. The lowest BCUT2D eigenvalue weighted by molar-refractivity contribution is -0.605. The van der Waals surface area contributed by atoms with Gasteiger partial charge in [0.1, 0.15) is 5.02 Å². The molecule has 0 atom stereocenters. The van der Waals surface area contributed by atoms with Gasteiger partial charge >= 0.3 is 0 Å². The molecular weight excluding hydrogens is 142 g/mol. The molecule has 9 heavy (non-hydrogen) atoms. The van der Waals surface area contributed by atoms with Crippen molar-refractivity contribution in [3.8, 4) is 0 Å². The highest BCUT2D eigenvalue weighted by atomic mass is 35.5. The summed E-state index contributed by atoms with van der Waals surface area (Å²) >= 11 is 5.42. The summed E-state index contributed by atoms with van der Waals surface area (Å²) in [6, 6.07) is 3.24. The van der Waals surface area contributed by atoms with Crippen molar-refractivity contribution in [1.82, 2.24) is 0 Å². The summed E-state index contributed by atoms with van der Waals surface area (Å²) in [5.41, 5.74) is 0. The van der Waals surface area contributed by atoms with Gasteiger partial charge in [0.15, 0.2) is 12.4 Å². The fourth-order valence-corrected chi connectivity index (χ4v) is 0.596.